The molecule has 0 unspecified atom stereocenters. The first-order valence-corrected chi connectivity index (χ1v) is 7.65. The predicted octanol–water partition coefficient (Wildman–Crippen LogP) is 5.09. The molecule has 0 aliphatic heterocycles. The van der Waals surface area contributed by atoms with Crippen molar-refractivity contribution in [2.24, 2.45) is 0 Å². The van der Waals surface area contributed by atoms with Gasteiger partial charge in [-0.2, -0.15) is 0 Å². The van der Waals surface area contributed by atoms with E-state index >= 15 is 0 Å². The summed E-state index contributed by atoms with van der Waals surface area (Å²) >= 11 is 5.03. The van der Waals surface area contributed by atoms with E-state index in [0.29, 0.717) is 6.42 Å². The van der Waals surface area contributed by atoms with E-state index in [2.05, 4.69) is 15.9 Å². The van der Waals surface area contributed by atoms with Crippen LogP contribution in [0.1, 0.15) is 15.2 Å². The average molecular weight is 331 g/mol. The Kier molecular flexibility index (Phi) is 3.49. The molecule has 1 nitrogen and oxygen atoms in total. The summed E-state index contributed by atoms with van der Waals surface area (Å²) in [6.07, 6.45) is 0.463. The standard InChI is InChI=1S/C16H11BrOS/c17-12-8-13(19-10-12)9-16(18)15-7-3-5-11-4-1-2-6-14(11)15/h1-8,10H,9H2. The summed E-state index contributed by atoms with van der Waals surface area (Å²) in [5.41, 5.74) is 0.808. The fraction of sp³-hybridized carbons (Fsp3) is 0.0625. The highest BCUT2D eigenvalue weighted by Gasteiger charge is 2.11. The lowest BCUT2D eigenvalue weighted by Gasteiger charge is -2.04. The highest BCUT2D eigenvalue weighted by atomic mass is 79.9. The third-order valence-electron chi connectivity index (χ3n) is 3.05. The Morgan fingerprint density at radius 2 is 1.89 bits per heavy atom. The van der Waals surface area contributed by atoms with Crippen LogP contribution >= 0.6 is 27.3 Å². The molecule has 1 heterocycles. The van der Waals surface area contributed by atoms with E-state index in [1.165, 1.54) is 0 Å². The zero-order chi connectivity index (χ0) is 13.2. The van der Waals surface area contributed by atoms with E-state index in [9.17, 15) is 4.79 Å². The molecular weight excluding hydrogens is 320 g/mol. The van der Waals surface area contributed by atoms with Crippen LogP contribution in [0, 0.1) is 0 Å². The number of carbonyl (C=O) groups is 1. The lowest BCUT2D eigenvalue weighted by atomic mass is 9.99. The van der Waals surface area contributed by atoms with Crippen molar-refractivity contribution in [3.8, 4) is 0 Å². The molecule has 0 saturated heterocycles. The minimum atomic E-state index is 0.172. The smallest absolute Gasteiger partial charge is 0.168 e. The molecule has 0 amide bonds. The average Bonchev–Trinajstić information content (AvgIpc) is 2.83. The molecule has 0 N–H and O–H groups in total. The van der Waals surface area contributed by atoms with E-state index in [4.69, 9.17) is 0 Å². The normalized spacial score (nSPS) is 10.8. The molecule has 3 aromatic rings. The van der Waals surface area contributed by atoms with E-state index in [1.807, 2.05) is 53.9 Å². The number of thiophene rings is 1. The largest absolute Gasteiger partial charge is 0.294 e. The van der Waals surface area contributed by atoms with Gasteiger partial charge in [-0.05, 0) is 32.8 Å². The number of halogens is 1. The van der Waals surface area contributed by atoms with Gasteiger partial charge in [0.2, 0.25) is 0 Å². The van der Waals surface area contributed by atoms with Crippen molar-refractivity contribution in [1.29, 1.82) is 0 Å². The lowest BCUT2D eigenvalue weighted by molar-refractivity contribution is 0.0995. The highest BCUT2D eigenvalue weighted by molar-refractivity contribution is 9.10. The van der Waals surface area contributed by atoms with Gasteiger partial charge in [0.15, 0.2) is 5.78 Å². The molecule has 0 atom stereocenters. The molecule has 0 aliphatic carbocycles. The van der Waals surface area contributed by atoms with Crippen molar-refractivity contribution in [2.45, 2.75) is 6.42 Å². The first-order chi connectivity index (χ1) is 9.24. The molecule has 0 radical (unpaired) electrons. The van der Waals surface area contributed by atoms with Crippen LogP contribution in [0.2, 0.25) is 0 Å². The van der Waals surface area contributed by atoms with E-state index in [-0.39, 0.29) is 5.78 Å². The summed E-state index contributed by atoms with van der Waals surface area (Å²) in [7, 11) is 0. The molecule has 0 saturated carbocycles. The van der Waals surface area contributed by atoms with Gasteiger partial charge in [0.25, 0.3) is 0 Å². The molecule has 1 aromatic heterocycles. The molecule has 0 bridgehead atoms. The van der Waals surface area contributed by atoms with Crippen molar-refractivity contribution in [1.82, 2.24) is 0 Å². The van der Waals surface area contributed by atoms with Crippen molar-refractivity contribution < 1.29 is 4.79 Å². The predicted molar refractivity (Wildman–Crippen MR) is 84.0 cm³/mol. The monoisotopic (exact) mass is 330 g/mol. The van der Waals surface area contributed by atoms with Crippen molar-refractivity contribution in [3.63, 3.8) is 0 Å². The van der Waals surface area contributed by atoms with Gasteiger partial charge in [0.05, 0.1) is 0 Å². The number of hydrogen-bond acceptors (Lipinski definition) is 2. The summed E-state index contributed by atoms with van der Waals surface area (Å²) in [6.45, 7) is 0. The first kappa shape index (κ1) is 12.6. The van der Waals surface area contributed by atoms with Gasteiger partial charge in [-0.25, -0.2) is 0 Å². The quantitative estimate of drug-likeness (QED) is 0.611. The summed E-state index contributed by atoms with van der Waals surface area (Å²) in [6, 6.07) is 15.9. The minimum Gasteiger partial charge on any atom is -0.294 e. The third kappa shape index (κ3) is 2.62. The number of hydrogen-bond donors (Lipinski definition) is 0. The topological polar surface area (TPSA) is 17.1 Å². The third-order valence-corrected chi connectivity index (χ3v) is 4.74. The molecule has 0 aliphatic rings. The Bertz CT molecular complexity index is 740. The number of Topliss-reactive ketones (excluding diaryl/α,β-unsaturated/α-hetero) is 1. The Hall–Kier alpha value is -1.45. The van der Waals surface area contributed by atoms with Crippen molar-refractivity contribution in [3.05, 3.63) is 68.8 Å². The van der Waals surface area contributed by atoms with Crippen LogP contribution in [0.25, 0.3) is 10.8 Å². The Morgan fingerprint density at radius 1 is 1.11 bits per heavy atom. The maximum atomic E-state index is 12.4. The Labute approximate surface area is 124 Å². The maximum Gasteiger partial charge on any atom is 0.168 e. The van der Waals surface area contributed by atoms with Crippen LogP contribution in [0.4, 0.5) is 0 Å². The van der Waals surface area contributed by atoms with Crippen LogP contribution in [-0.2, 0) is 6.42 Å². The van der Waals surface area contributed by atoms with Crippen LogP contribution < -0.4 is 0 Å². The van der Waals surface area contributed by atoms with Crippen LogP contribution in [-0.4, -0.2) is 5.78 Å². The zero-order valence-corrected chi connectivity index (χ0v) is 12.5. The SMILES string of the molecule is O=C(Cc1cc(Br)cs1)c1cccc2ccccc12. The van der Waals surface area contributed by atoms with E-state index in [1.54, 1.807) is 11.3 Å². The fourth-order valence-corrected chi connectivity index (χ4v) is 3.62. The van der Waals surface area contributed by atoms with E-state index in [0.717, 1.165) is 25.7 Å². The summed E-state index contributed by atoms with van der Waals surface area (Å²) in [4.78, 5) is 13.5. The van der Waals surface area contributed by atoms with Crippen LogP contribution in [0.15, 0.2) is 58.4 Å². The molecule has 0 spiro atoms. The molecular formula is C16H11BrOS. The van der Waals surface area contributed by atoms with Gasteiger partial charge >= 0.3 is 0 Å². The van der Waals surface area contributed by atoms with Gasteiger partial charge in [-0.3, -0.25) is 4.79 Å². The van der Waals surface area contributed by atoms with Gasteiger partial charge in [0, 0.05) is 26.7 Å². The second-order valence-electron chi connectivity index (χ2n) is 4.36. The zero-order valence-electron chi connectivity index (χ0n) is 10.1. The maximum absolute atomic E-state index is 12.4. The summed E-state index contributed by atoms with van der Waals surface area (Å²) in [5.74, 6) is 0.172. The first-order valence-electron chi connectivity index (χ1n) is 5.98. The second-order valence-corrected chi connectivity index (χ2v) is 6.27. The van der Waals surface area contributed by atoms with Gasteiger partial charge in [0.1, 0.15) is 0 Å². The molecule has 3 rings (SSSR count). The highest BCUT2D eigenvalue weighted by Crippen LogP contribution is 2.24. The Morgan fingerprint density at radius 3 is 2.68 bits per heavy atom. The summed E-state index contributed by atoms with van der Waals surface area (Å²) < 4.78 is 1.04. The van der Waals surface area contributed by atoms with Crippen molar-refractivity contribution >= 4 is 43.8 Å². The molecule has 19 heavy (non-hydrogen) atoms. The molecule has 2 aromatic carbocycles. The van der Waals surface area contributed by atoms with Crippen molar-refractivity contribution in [2.75, 3.05) is 0 Å². The number of rotatable bonds is 3. The number of fused-ring (bicyclic) bond motifs is 1. The van der Waals surface area contributed by atoms with Crippen LogP contribution in [0.3, 0.4) is 0 Å². The van der Waals surface area contributed by atoms with Crippen LogP contribution in [0.5, 0.6) is 0 Å². The Balaban J connectivity index is 1.97. The number of ketones is 1. The fourth-order valence-electron chi connectivity index (χ4n) is 2.17. The minimum absolute atomic E-state index is 0.172. The van der Waals surface area contributed by atoms with E-state index < -0.39 is 0 Å². The number of carbonyl (C=O) groups excluding carboxylic acids is 1. The molecule has 94 valence electrons. The second kappa shape index (κ2) is 5.27. The summed E-state index contributed by atoms with van der Waals surface area (Å²) in [5, 5.41) is 4.15. The molecule has 3 heteroatoms. The van der Waals surface area contributed by atoms with Gasteiger partial charge in [-0.1, -0.05) is 42.5 Å². The van der Waals surface area contributed by atoms with Gasteiger partial charge < -0.3 is 0 Å². The molecule has 0 fully saturated rings. The van der Waals surface area contributed by atoms with Gasteiger partial charge in [-0.15, -0.1) is 11.3 Å². The lowest BCUT2D eigenvalue weighted by Crippen LogP contribution is -2.02. The number of benzene rings is 2.